The van der Waals surface area contributed by atoms with Gasteiger partial charge in [0.25, 0.3) is 0 Å². The molecule has 0 amide bonds. The third-order valence-corrected chi connectivity index (χ3v) is 7.74. The summed E-state index contributed by atoms with van der Waals surface area (Å²) < 4.78 is 62.2. The highest BCUT2D eigenvalue weighted by Crippen LogP contribution is 2.40. The quantitative estimate of drug-likeness (QED) is 0.0559. The van der Waals surface area contributed by atoms with Crippen molar-refractivity contribution in [2.75, 3.05) is 132 Å². The van der Waals surface area contributed by atoms with Gasteiger partial charge >= 0.3 is 0 Å². The van der Waals surface area contributed by atoms with E-state index in [1.807, 2.05) is 68.4 Å². The molecule has 0 N–H and O–H groups in total. The average molecular weight is 743 g/mol. The van der Waals surface area contributed by atoms with Crippen LogP contribution in [-0.4, -0.2) is 138 Å². The van der Waals surface area contributed by atoms with Gasteiger partial charge < -0.3 is 52.1 Å². The summed E-state index contributed by atoms with van der Waals surface area (Å²) in [7, 11) is 0. The van der Waals surface area contributed by atoms with Crippen LogP contribution >= 0.6 is 0 Å². The largest absolute Gasteiger partial charge is 0.377 e. The van der Waals surface area contributed by atoms with Gasteiger partial charge in [0.1, 0.15) is 5.60 Å². The maximum Gasteiger partial charge on any atom is 0.143 e. The Kier molecular flexibility index (Phi) is 25.7. The normalized spacial score (nSPS) is 11.8. The minimum atomic E-state index is -0.750. The molecule has 0 spiro atoms. The molecule has 53 heavy (non-hydrogen) atoms. The molecule has 0 heterocycles. The van der Waals surface area contributed by atoms with Crippen LogP contribution in [0.5, 0.6) is 0 Å². The van der Waals surface area contributed by atoms with E-state index in [9.17, 15) is 0 Å². The third-order valence-electron chi connectivity index (χ3n) is 7.74. The van der Waals surface area contributed by atoms with Crippen LogP contribution in [0.4, 0.5) is 0 Å². The second-order valence-electron chi connectivity index (χ2n) is 12.1. The van der Waals surface area contributed by atoms with Crippen molar-refractivity contribution in [1.29, 1.82) is 0 Å². The summed E-state index contributed by atoms with van der Waals surface area (Å²) in [5.41, 5.74) is 2.46. The van der Waals surface area contributed by atoms with Gasteiger partial charge in [-0.25, -0.2) is 0 Å². The number of benzene rings is 3. The summed E-state index contributed by atoms with van der Waals surface area (Å²) in [5.74, 6) is 0. The van der Waals surface area contributed by atoms with Crippen molar-refractivity contribution in [2.45, 2.75) is 25.6 Å². The molecule has 296 valence electrons. The topological polar surface area (TPSA) is 102 Å². The SMILES string of the molecule is CC(C)OCCOCCOCCOCCOCCOCCOCCOCCOCCOCCOC(c1ccccc1)(c1ccccc1)c1ccccc1. The molecule has 0 fully saturated rings. The number of hydrogen-bond acceptors (Lipinski definition) is 11. The molecule has 0 radical (unpaired) electrons. The van der Waals surface area contributed by atoms with E-state index in [0.717, 1.165) is 16.7 Å². The smallest absolute Gasteiger partial charge is 0.143 e. The van der Waals surface area contributed by atoms with Crippen LogP contribution in [0.3, 0.4) is 0 Å². The monoisotopic (exact) mass is 742 g/mol. The zero-order chi connectivity index (χ0) is 37.3. The van der Waals surface area contributed by atoms with Crippen molar-refractivity contribution >= 4 is 0 Å². The van der Waals surface area contributed by atoms with E-state index in [0.29, 0.717) is 132 Å². The first-order valence-corrected chi connectivity index (χ1v) is 18.9. The van der Waals surface area contributed by atoms with Gasteiger partial charge in [-0.1, -0.05) is 91.0 Å². The molecule has 0 aliphatic carbocycles. The lowest BCUT2D eigenvalue weighted by atomic mass is 9.80. The van der Waals surface area contributed by atoms with E-state index in [-0.39, 0.29) is 6.10 Å². The Morgan fingerprint density at radius 2 is 0.547 bits per heavy atom. The molecule has 0 atom stereocenters. The van der Waals surface area contributed by atoms with E-state index in [1.54, 1.807) is 0 Å². The predicted molar refractivity (Wildman–Crippen MR) is 204 cm³/mol. The van der Waals surface area contributed by atoms with Gasteiger partial charge in [-0.05, 0) is 30.5 Å². The van der Waals surface area contributed by atoms with E-state index in [2.05, 4.69) is 36.4 Å². The van der Waals surface area contributed by atoms with Crippen molar-refractivity contribution in [3.05, 3.63) is 108 Å². The van der Waals surface area contributed by atoms with Crippen molar-refractivity contribution in [3.8, 4) is 0 Å². The van der Waals surface area contributed by atoms with Crippen LogP contribution < -0.4 is 0 Å². The van der Waals surface area contributed by atoms with Crippen molar-refractivity contribution in [1.82, 2.24) is 0 Å². The Hall–Kier alpha value is -2.78. The Balaban J connectivity index is 1.08. The standard InChI is InChI=1S/C42H62O11/c1-38(2)52-36-34-50-32-30-48-28-26-46-24-22-44-20-18-43-19-21-45-23-25-47-27-29-49-31-33-51-35-37-53-42(39-12-6-3-7-13-39,40-14-8-4-9-15-40)41-16-10-5-11-17-41/h3-17,38H,18-37H2,1-2H3. The maximum absolute atomic E-state index is 6.73. The van der Waals surface area contributed by atoms with Crippen LogP contribution in [-0.2, 0) is 57.7 Å². The van der Waals surface area contributed by atoms with Gasteiger partial charge in [0, 0.05) is 0 Å². The fraction of sp³-hybridized carbons (Fsp3) is 0.571. The number of hydrogen-bond donors (Lipinski definition) is 0. The summed E-state index contributed by atoms with van der Waals surface area (Å²) in [4.78, 5) is 0. The zero-order valence-corrected chi connectivity index (χ0v) is 31.9. The van der Waals surface area contributed by atoms with Crippen molar-refractivity contribution < 1.29 is 52.1 Å². The predicted octanol–water partition coefficient (Wildman–Crippen LogP) is 5.57. The highest BCUT2D eigenvalue weighted by Gasteiger charge is 2.37. The van der Waals surface area contributed by atoms with E-state index < -0.39 is 5.60 Å². The number of rotatable bonds is 35. The lowest BCUT2D eigenvalue weighted by molar-refractivity contribution is -0.0399. The minimum absolute atomic E-state index is 0.228. The molecular formula is C42H62O11. The van der Waals surface area contributed by atoms with Crippen LogP contribution in [0.1, 0.15) is 30.5 Å². The second-order valence-corrected chi connectivity index (χ2v) is 12.1. The summed E-state index contributed by atoms with van der Waals surface area (Å²) in [5, 5.41) is 0. The zero-order valence-electron chi connectivity index (χ0n) is 31.9. The molecule has 0 saturated heterocycles. The molecule has 3 rings (SSSR count). The first kappa shape index (κ1) is 44.6. The minimum Gasteiger partial charge on any atom is -0.377 e. The summed E-state index contributed by atoms with van der Waals surface area (Å²) in [6.07, 6.45) is 0.228. The average Bonchev–Trinajstić information content (AvgIpc) is 3.19. The Morgan fingerprint density at radius 3 is 0.792 bits per heavy atom. The van der Waals surface area contributed by atoms with Crippen molar-refractivity contribution in [3.63, 3.8) is 0 Å². The van der Waals surface area contributed by atoms with Gasteiger partial charge in [-0.3, -0.25) is 0 Å². The number of ether oxygens (including phenoxy) is 11. The summed E-state index contributed by atoms with van der Waals surface area (Å²) in [6.45, 7) is 14.2. The fourth-order valence-corrected chi connectivity index (χ4v) is 5.23. The lowest BCUT2D eigenvalue weighted by Crippen LogP contribution is -2.34. The molecule has 0 unspecified atom stereocenters. The molecule has 3 aromatic carbocycles. The second kappa shape index (κ2) is 30.5. The van der Waals surface area contributed by atoms with Gasteiger partial charge in [0.05, 0.1) is 138 Å². The molecule has 0 saturated carbocycles. The van der Waals surface area contributed by atoms with Crippen LogP contribution in [0, 0.1) is 0 Å². The first-order chi connectivity index (χ1) is 26.2. The van der Waals surface area contributed by atoms with E-state index >= 15 is 0 Å². The van der Waals surface area contributed by atoms with Gasteiger partial charge in [0.15, 0.2) is 0 Å². The molecule has 11 heteroatoms. The Bertz CT molecular complexity index is 1120. The molecule has 0 aliphatic heterocycles. The molecule has 3 aromatic rings. The highest BCUT2D eigenvalue weighted by atomic mass is 16.6. The molecular weight excluding hydrogens is 680 g/mol. The molecule has 0 aromatic heterocycles. The van der Waals surface area contributed by atoms with Crippen LogP contribution in [0.2, 0.25) is 0 Å². The van der Waals surface area contributed by atoms with E-state index in [4.69, 9.17) is 52.1 Å². The fourth-order valence-electron chi connectivity index (χ4n) is 5.23. The summed E-state index contributed by atoms with van der Waals surface area (Å²) >= 11 is 0. The maximum atomic E-state index is 6.73. The summed E-state index contributed by atoms with van der Waals surface area (Å²) in [6, 6.07) is 31.0. The molecule has 0 aliphatic rings. The third kappa shape index (κ3) is 19.9. The van der Waals surface area contributed by atoms with E-state index in [1.165, 1.54) is 0 Å². The Morgan fingerprint density at radius 1 is 0.321 bits per heavy atom. The highest BCUT2D eigenvalue weighted by molar-refractivity contribution is 5.47. The van der Waals surface area contributed by atoms with Gasteiger partial charge in [-0.15, -0.1) is 0 Å². The van der Waals surface area contributed by atoms with Crippen LogP contribution in [0.25, 0.3) is 0 Å². The van der Waals surface area contributed by atoms with Crippen molar-refractivity contribution in [2.24, 2.45) is 0 Å². The molecule has 0 bridgehead atoms. The van der Waals surface area contributed by atoms with Gasteiger partial charge in [-0.2, -0.15) is 0 Å². The lowest BCUT2D eigenvalue weighted by Gasteiger charge is -2.36. The van der Waals surface area contributed by atoms with Gasteiger partial charge in [0.2, 0.25) is 0 Å². The molecule has 11 nitrogen and oxygen atoms in total. The van der Waals surface area contributed by atoms with Crippen LogP contribution in [0.15, 0.2) is 91.0 Å². The Labute approximate surface area is 317 Å². The first-order valence-electron chi connectivity index (χ1n) is 18.9.